The van der Waals surface area contributed by atoms with Gasteiger partial charge in [-0.3, -0.25) is 4.90 Å². The Kier molecular flexibility index (Phi) is 4.79. The van der Waals surface area contributed by atoms with Crippen LogP contribution in [-0.2, 0) is 0 Å². The Bertz CT molecular complexity index is 375. The quantitative estimate of drug-likeness (QED) is 0.881. The summed E-state index contributed by atoms with van der Waals surface area (Å²) in [7, 11) is 0. The van der Waals surface area contributed by atoms with Gasteiger partial charge in [0.05, 0.1) is 0 Å². The molecule has 0 bridgehead atoms. The molecule has 2 nitrogen and oxygen atoms in total. The number of benzene rings is 1. The molecule has 2 heteroatoms. The van der Waals surface area contributed by atoms with E-state index in [1.807, 2.05) is 0 Å². The summed E-state index contributed by atoms with van der Waals surface area (Å²) in [5, 5.41) is 3.64. The Hall–Kier alpha value is -0.860. The fourth-order valence-corrected chi connectivity index (χ4v) is 2.90. The summed E-state index contributed by atoms with van der Waals surface area (Å²) in [6, 6.07) is 9.97. The van der Waals surface area contributed by atoms with Gasteiger partial charge >= 0.3 is 0 Å². The molecule has 0 aromatic heterocycles. The lowest BCUT2D eigenvalue weighted by Gasteiger charge is -2.31. The predicted molar refractivity (Wildman–Crippen MR) is 77.9 cm³/mol. The summed E-state index contributed by atoms with van der Waals surface area (Å²) < 4.78 is 0. The molecule has 0 spiro atoms. The summed E-state index contributed by atoms with van der Waals surface area (Å²) in [5.74, 6) is 0. The van der Waals surface area contributed by atoms with E-state index in [0.717, 1.165) is 6.54 Å². The fourth-order valence-electron chi connectivity index (χ4n) is 2.90. The van der Waals surface area contributed by atoms with Crippen molar-refractivity contribution in [1.82, 2.24) is 10.2 Å². The minimum atomic E-state index is 0.528. The van der Waals surface area contributed by atoms with E-state index in [9.17, 15) is 0 Å². The predicted octanol–water partition coefficient (Wildman–Crippen LogP) is 3.13. The molecule has 2 rings (SSSR count). The Balaban J connectivity index is 2.12. The zero-order valence-electron chi connectivity index (χ0n) is 11.9. The second-order valence-corrected chi connectivity index (χ2v) is 5.44. The van der Waals surface area contributed by atoms with E-state index >= 15 is 0 Å². The van der Waals surface area contributed by atoms with Crippen molar-refractivity contribution in [3.63, 3.8) is 0 Å². The smallest absolute Gasteiger partial charge is 0.0323 e. The third kappa shape index (κ3) is 3.12. The number of hydrogen-bond donors (Lipinski definition) is 1. The molecule has 1 aliphatic rings. The largest absolute Gasteiger partial charge is 0.313 e. The van der Waals surface area contributed by atoms with Gasteiger partial charge < -0.3 is 5.32 Å². The van der Waals surface area contributed by atoms with E-state index in [4.69, 9.17) is 0 Å². The number of aryl methyl sites for hydroxylation is 1. The minimum Gasteiger partial charge on any atom is -0.313 e. The van der Waals surface area contributed by atoms with Crippen LogP contribution in [0.25, 0.3) is 0 Å². The van der Waals surface area contributed by atoms with Gasteiger partial charge in [-0.1, -0.05) is 31.2 Å². The van der Waals surface area contributed by atoms with E-state index < -0.39 is 0 Å². The zero-order valence-corrected chi connectivity index (χ0v) is 11.9. The molecule has 100 valence electrons. The molecule has 0 radical (unpaired) electrons. The van der Waals surface area contributed by atoms with E-state index in [1.165, 1.54) is 37.1 Å². The van der Waals surface area contributed by atoms with Crippen molar-refractivity contribution in [2.75, 3.05) is 19.6 Å². The van der Waals surface area contributed by atoms with Crippen LogP contribution in [0, 0.1) is 6.92 Å². The highest BCUT2D eigenvalue weighted by molar-refractivity contribution is 5.28. The third-order valence-corrected chi connectivity index (χ3v) is 4.19. The number of hydrogen-bond acceptors (Lipinski definition) is 2. The first kappa shape index (κ1) is 13.6. The molecular weight excluding hydrogens is 220 g/mol. The van der Waals surface area contributed by atoms with Gasteiger partial charge in [-0.15, -0.1) is 0 Å². The summed E-state index contributed by atoms with van der Waals surface area (Å²) in [6.07, 6.45) is 2.48. The van der Waals surface area contributed by atoms with Crippen LogP contribution < -0.4 is 5.32 Å². The van der Waals surface area contributed by atoms with Crippen LogP contribution in [0.1, 0.15) is 43.9 Å². The maximum atomic E-state index is 3.64. The Morgan fingerprint density at radius 2 is 2.17 bits per heavy atom. The molecule has 1 aromatic carbocycles. The highest BCUT2D eigenvalue weighted by atomic mass is 15.2. The van der Waals surface area contributed by atoms with Crippen molar-refractivity contribution in [3.8, 4) is 0 Å². The second kappa shape index (κ2) is 6.35. The van der Waals surface area contributed by atoms with Crippen molar-refractivity contribution < 1.29 is 0 Å². The first-order valence-corrected chi connectivity index (χ1v) is 7.25. The van der Waals surface area contributed by atoms with Crippen LogP contribution in [0.5, 0.6) is 0 Å². The van der Waals surface area contributed by atoms with E-state index in [2.05, 4.69) is 55.3 Å². The molecule has 1 saturated heterocycles. The van der Waals surface area contributed by atoms with Gasteiger partial charge in [0.15, 0.2) is 0 Å². The molecule has 1 aromatic rings. The van der Waals surface area contributed by atoms with Gasteiger partial charge in [-0.2, -0.15) is 0 Å². The van der Waals surface area contributed by atoms with Gasteiger partial charge in [-0.25, -0.2) is 0 Å². The SMILES string of the molecule is CCC1CN(C(C)c2ccccc2C)CCCN1. The monoisotopic (exact) mass is 246 g/mol. The van der Waals surface area contributed by atoms with Crippen LogP contribution in [0.3, 0.4) is 0 Å². The van der Waals surface area contributed by atoms with Gasteiger partial charge in [-0.05, 0) is 44.4 Å². The summed E-state index contributed by atoms with van der Waals surface area (Å²) >= 11 is 0. The summed E-state index contributed by atoms with van der Waals surface area (Å²) in [4.78, 5) is 2.64. The van der Waals surface area contributed by atoms with Gasteiger partial charge in [0.2, 0.25) is 0 Å². The topological polar surface area (TPSA) is 15.3 Å². The minimum absolute atomic E-state index is 0.528. The average molecular weight is 246 g/mol. The molecule has 1 N–H and O–H groups in total. The Morgan fingerprint density at radius 1 is 1.39 bits per heavy atom. The van der Waals surface area contributed by atoms with Crippen molar-refractivity contribution >= 4 is 0 Å². The molecule has 1 aliphatic heterocycles. The third-order valence-electron chi connectivity index (χ3n) is 4.19. The fraction of sp³-hybridized carbons (Fsp3) is 0.625. The molecular formula is C16H26N2. The van der Waals surface area contributed by atoms with Crippen LogP contribution in [0.15, 0.2) is 24.3 Å². The van der Waals surface area contributed by atoms with Crippen molar-refractivity contribution in [1.29, 1.82) is 0 Å². The molecule has 2 unspecified atom stereocenters. The van der Waals surface area contributed by atoms with Crippen molar-refractivity contribution in [2.24, 2.45) is 0 Å². The van der Waals surface area contributed by atoms with Crippen LogP contribution in [0.4, 0.5) is 0 Å². The molecule has 0 saturated carbocycles. The van der Waals surface area contributed by atoms with E-state index in [1.54, 1.807) is 0 Å². The summed E-state index contributed by atoms with van der Waals surface area (Å²) in [5.41, 5.74) is 2.89. The van der Waals surface area contributed by atoms with Crippen LogP contribution >= 0.6 is 0 Å². The lowest BCUT2D eigenvalue weighted by Crippen LogP contribution is -2.38. The maximum absolute atomic E-state index is 3.64. The first-order valence-electron chi connectivity index (χ1n) is 7.25. The molecule has 2 atom stereocenters. The molecule has 1 fully saturated rings. The van der Waals surface area contributed by atoms with Crippen LogP contribution in [-0.4, -0.2) is 30.6 Å². The summed E-state index contributed by atoms with van der Waals surface area (Å²) in [6.45, 7) is 10.4. The second-order valence-electron chi connectivity index (χ2n) is 5.44. The number of nitrogens with zero attached hydrogens (tertiary/aromatic N) is 1. The zero-order chi connectivity index (χ0) is 13.0. The molecule has 0 amide bonds. The highest BCUT2D eigenvalue weighted by Gasteiger charge is 2.22. The average Bonchev–Trinajstić information content (AvgIpc) is 2.64. The van der Waals surface area contributed by atoms with Gasteiger partial charge in [0.25, 0.3) is 0 Å². The highest BCUT2D eigenvalue weighted by Crippen LogP contribution is 2.24. The van der Waals surface area contributed by atoms with E-state index in [0.29, 0.717) is 12.1 Å². The molecule has 0 aliphatic carbocycles. The Labute approximate surface area is 111 Å². The first-order chi connectivity index (χ1) is 8.72. The maximum Gasteiger partial charge on any atom is 0.0323 e. The van der Waals surface area contributed by atoms with Crippen molar-refractivity contribution in [2.45, 2.75) is 45.7 Å². The lowest BCUT2D eigenvalue weighted by atomic mass is 10.0. The van der Waals surface area contributed by atoms with Gasteiger partial charge in [0.1, 0.15) is 0 Å². The van der Waals surface area contributed by atoms with Gasteiger partial charge in [0, 0.05) is 25.2 Å². The molecule has 18 heavy (non-hydrogen) atoms. The number of rotatable bonds is 3. The Morgan fingerprint density at radius 3 is 2.89 bits per heavy atom. The lowest BCUT2D eigenvalue weighted by molar-refractivity contribution is 0.204. The molecule has 1 heterocycles. The standard InChI is InChI=1S/C16H26N2/c1-4-15-12-18(11-7-10-17-15)14(3)16-9-6-5-8-13(16)2/h5-6,8-9,14-15,17H,4,7,10-12H2,1-3H3. The number of nitrogens with one attached hydrogen (secondary N) is 1. The van der Waals surface area contributed by atoms with Crippen LogP contribution in [0.2, 0.25) is 0 Å². The normalized spacial score (nSPS) is 23.6. The van der Waals surface area contributed by atoms with Crippen molar-refractivity contribution in [3.05, 3.63) is 35.4 Å². The van der Waals surface area contributed by atoms with E-state index in [-0.39, 0.29) is 0 Å².